The molecule has 4 heteroatoms. The van der Waals surface area contributed by atoms with Crippen LogP contribution in [0.25, 0.3) is 0 Å². The normalized spacial score (nSPS) is 9.93. The molecule has 0 fully saturated rings. The van der Waals surface area contributed by atoms with Gasteiger partial charge in [-0.05, 0) is 17.5 Å². The third kappa shape index (κ3) is 2.39. The number of esters is 1. The Hall–Kier alpha value is -1.71. The zero-order valence-electron chi connectivity index (χ0n) is 8.15. The number of hydrogen-bond donors (Lipinski definition) is 1. The average Bonchev–Trinajstić information content (AvgIpc) is 2.18. The van der Waals surface area contributed by atoms with Gasteiger partial charge in [-0.1, -0.05) is 19.9 Å². The van der Waals surface area contributed by atoms with Crippen LogP contribution in [0.4, 0.5) is 0 Å². The third-order valence-electron chi connectivity index (χ3n) is 1.83. The summed E-state index contributed by atoms with van der Waals surface area (Å²) in [7, 11) is 0. The molecule has 0 aliphatic rings. The zero-order chi connectivity index (χ0) is 10.6. The molecule has 0 spiro atoms. The Labute approximate surface area is 82.4 Å². The Morgan fingerprint density at radius 3 is 2.71 bits per heavy atom. The number of nitrogens with zero attached hydrogens (tertiary/aromatic N) is 1. The highest BCUT2D eigenvalue weighted by Gasteiger charge is 2.08. The molecule has 1 aromatic rings. The Bertz CT molecular complexity index is 330. The van der Waals surface area contributed by atoms with Gasteiger partial charge in [0.05, 0.1) is 0 Å². The van der Waals surface area contributed by atoms with E-state index in [9.17, 15) is 4.79 Å². The SMILES string of the molecule is CC(C)c1ccc(C(=O)OC=N)nc1. The molecule has 0 radical (unpaired) electrons. The number of pyridine rings is 1. The van der Waals surface area contributed by atoms with E-state index in [1.54, 1.807) is 12.3 Å². The van der Waals surface area contributed by atoms with E-state index in [0.717, 1.165) is 5.56 Å². The molecule has 0 aliphatic heterocycles. The second kappa shape index (κ2) is 4.50. The van der Waals surface area contributed by atoms with E-state index in [1.165, 1.54) is 0 Å². The van der Waals surface area contributed by atoms with Gasteiger partial charge in [-0.3, -0.25) is 5.41 Å². The van der Waals surface area contributed by atoms with E-state index in [2.05, 4.69) is 9.72 Å². The number of carbonyl (C=O) groups excluding carboxylic acids is 1. The standard InChI is InChI=1S/C10H12N2O2/c1-7(2)8-3-4-9(12-5-8)10(13)14-6-11/h3-7,11H,1-2H3. The van der Waals surface area contributed by atoms with Crippen molar-refractivity contribution in [1.29, 1.82) is 5.41 Å². The van der Waals surface area contributed by atoms with Crippen LogP contribution in [-0.4, -0.2) is 17.4 Å². The van der Waals surface area contributed by atoms with Crippen LogP contribution in [-0.2, 0) is 4.74 Å². The van der Waals surface area contributed by atoms with Crippen molar-refractivity contribution >= 4 is 12.4 Å². The van der Waals surface area contributed by atoms with Crippen molar-refractivity contribution in [1.82, 2.24) is 4.98 Å². The topological polar surface area (TPSA) is 63.0 Å². The maximum atomic E-state index is 11.1. The van der Waals surface area contributed by atoms with Gasteiger partial charge in [0.15, 0.2) is 6.40 Å². The van der Waals surface area contributed by atoms with Gasteiger partial charge < -0.3 is 4.74 Å². The molecule has 0 atom stereocenters. The number of carbonyl (C=O) groups is 1. The Kier molecular flexibility index (Phi) is 3.34. The molecule has 0 unspecified atom stereocenters. The summed E-state index contributed by atoms with van der Waals surface area (Å²) in [6.45, 7) is 4.10. The monoisotopic (exact) mass is 192 g/mol. The molecule has 0 aliphatic carbocycles. The largest absolute Gasteiger partial charge is 0.410 e. The van der Waals surface area contributed by atoms with Crippen LogP contribution >= 0.6 is 0 Å². The van der Waals surface area contributed by atoms with E-state index in [0.29, 0.717) is 12.3 Å². The first-order valence-corrected chi connectivity index (χ1v) is 4.31. The predicted molar refractivity (Wildman–Crippen MR) is 52.5 cm³/mol. The lowest BCUT2D eigenvalue weighted by Gasteiger charge is -2.04. The van der Waals surface area contributed by atoms with Crippen LogP contribution < -0.4 is 0 Å². The van der Waals surface area contributed by atoms with E-state index in [1.807, 2.05) is 19.9 Å². The predicted octanol–water partition coefficient (Wildman–Crippen LogP) is 1.97. The maximum Gasteiger partial charge on any atom is 0.363 e. The molecular weight excluding hydrogens is 180 g/mol. The fraction of sp³-hybridized carbons (Fsp3) is 0.300. The number of hydrogen-bond acceptors (Lipinski definition) is 4. The maximum absolute atomic E-state index is 11.1. The molecule has 1 rings (SSSR count). The van der Waals surface area contributed by atoms with Gasteiger partial charge in [0.1, 0.15) is 5.69 Å². The van der Waals surface area contributed by atoms with Gasteiger partial charge in [0.2, 0.25) is 0 Å². The Balaban J connectivity index is 2.82. The molecule has 0 saturated carbocycles. The van der Waals surface area contributed by atoms with Crippen molar-refractivity contribution in [3.05, 3.63) is 29.6 Å². The highest BCUT2D eigenvalue weighted by Crippen LogP contribution is 2.12. The summed E-state index contributed by atoms with van der Waals surface area (Å²) < 4.78 is 4.37. The van der Waals surface area contributed by atoms with Gasteiger partial charge in [0.25, 0.3) is 0 Å². The molecule has 1 N–H and O–H groups in total. The molecule has 0 aromatic carbocycles. The molecule has 0 amide bonds. The molecule has 0 saturated heterocycles. The average molecular weight is 192 g/mol. The smallest absolute Gasteiger partial charge is 0.363 e. The van der Waals surface area contributed by atoms with Crippen molar-refractivity contribution in [3.8, 4) is 0 Å². The second-order valence-electron chi connectivity index (χ2n) is 3.15. The van der Waals surface area contributed by atoms with Crippen LogP contribution in [0.15, 0.2) is 18.3 Å². The summed E-state index contributed by atoms with van der Waals surface area (Å²) in [6.07, 6.45) is 2.24. The minimum atomic E-state index is -0.602. The first kappa shape index (κ1) is 10.4. The zero-order valence-corrected chi connectivity index (χ0v) is 8.15. The molecule has 0 bridgehead atoms. The first-order chi connectivity index (χ1) is 6.65. The van der Waals surface area contributed by atoms with Crippen LogP contribution in [0, 0.1) is 5.41 Å². The van der Waals surface area contributed by atoms with E-state index >= 15 is 0 Å². The summed E-state index contributed by atoms with van der Waals surface area (Å²) in [4.78, 5) is 15.0. The molecule has 74 valence electrons. The minimum Gasteiger partial charge on any atom is -0.410 e. The number of rotatable bonds is 3. The fourth-order valence-corrected chi connectivity index (χ4v) is 0.981. The van der Waals surface area contributed by atoms with Gasteiger partial charge >= 0.3 is 5.97 Å². The summed E-state index contributed by atoms with van der Waals surface area (Å²) in [5.41, 5.74) is 1.29. The van der Waals surface area contributed by atoms with Crippen molar-refractivity contribution in [3.63, 3.8) is 0 Å². The molecule has 4 nitrogen and oxygen atoms in total. The third-order valence-corrected chi connectivity index (χ3v) is 1.83. The highest BCUT2D eigenvalue weighted by atomic mass is 16.5. The molecular formula is C10H12N2O2. The number of aromatic nitrogens is 1. The van der Waals surface area contributed by atoms with Crippen molar-refractivity contribution < 1.29 is 9.53 Å². The van der Waals surface area contributed by atoms with E-state index < -0.39 is 5.97 Å². The van der Waals surface area contributed by atoms with Crippen molar-refractivity contribution in [2.45, 2.75) is 19.8 Å². The lowest BCUT2D eigenvalue weighted by atomic mass is 10.1. The quantitative estimate of drug-likeness (QED) is 0.452. The van der Waals surface area contributed by atoms with Gasteiger partial charge in [0, 0.05) is 6.20 Å². The summed E-state index contributed by atoms with van der Waals surface area (Å²) in [6, 6.07) is 3.43. The van der Waals surface area contributed by atoms with Crippen LogP contribution in [0.1, 0.15) is 35.8 Å². The minimum absolute atomic E-state index is 0.220. The van der Waals surface area contributed by atoms with Crippen LogP contribution in [0.5, 0.6) is 0 Å². The van der Waals surface area contributed by atoms with Crippen LogP contribution in [0.3, 0.4) is 0 Å². The molecule has 1 aromatic heterocycles. The lowest BCUT2D eigenvalue weighted by Crippen LogP contribution is -2.06. The summed E-state index contributed by atoms with van der Waals surface area (Å²) in [5.74, 6) is -0.217. The summed E-state index contributed by atoms with van der Waals surface area (Å²) in [5, 5.41) is 6.60. The summed E-state index contributed by atoms with van der Waals surface area (Å²) >= 11 is 0. The Morgan fingerprint density at radius 2 is 2.29 bits per heavy atom. The first-order valence-electron chi connectivity index (χ1n) is 4.31. The second-order valence-corrected chi connectivity index (χ2v) is 3.15. The lowest BCUT2D eigenvalue weighted by molar-refractivity contribution is 0.0720. The van der Waals surface area contributed by atoms with Crippen molar-refractivity contribution in [2.75, 3.05) is 0 Å². The fourth-order valence-electron chi connectivity index (χ4n) is 0.981. The van der Waals surface area contributed by atoms with Crippen molar-refractivity contribution in [2.24, 2.45) is 0 Å². The van der Waals surface area contributed by atoms with E-state index in [4.69, 9.17) is 5.41 Å². The highest BCUT2D eigenvalue weighted by molar-refractivity contribution is 5.91. The molecule has 14 heavy (non-hydrogen) atoms. The number of ether oxygens (including phenoxy) is 1. The van der Waals surface area contributed by atoms with Crippen LogP contribution in [0.2, 0.25) is 0 Å². The number of nitrogens with one attached hydrogen (secondary N) is 1. The van der Waals surface area contributed by atoms with Gasteiger partial charge in [-0.25, -0.2) is 9.78 Å². The molecule has 1 heterocycles. The Morgan fingerprint density at radius 1 is 1.57 bits per heavy atom. The van der Waals surface area contributed by atoms with E-state index in [-0.39, 0.29) is 5.69 Å². The van der Waals surface area contributed by atoms with Gasteiger partial charge in [-0.2, -0.15) is 0 Å². The van der Waals surface area contributed by atoms with Gasteiger partial charge in [-0.15, -0.1) is 0 Å².